The molecule has 2 N–H and O–H groups in total. The Labute approximate surface area is 92.1 Å². The maximum absolute atomic E-state index is 12.8. The minimum Gasteiger partial charge on any atom is -0.481 e. The number of nitrogens with one attached hydrogen (secondary N) is 1. The van der Waals surface area contributed by atoms with Gasteiger partial charge in [-0.25, -0.2) is 8.78 Å². The number of carboxylic acid groups (broad SMARTS) is 1. The third-order valence-corrected chi connectivity index (χ3v) is 2.12. The van der Waals surface area contributed by atoms with Gasteiger partial charge in [-0.05, 0) is 25.5 Å². The molecule has 0 aliphatic carbocycles. The molecule has 0 saturated carbocycles. The fraction of sp³-hybridized carbons (Fsp3) is 0.364. The molecule has 16 heavy (non-hydrogen) atoms. The van der Waals surface area contributed by atoms with E-state index >= 15 is 0 Å². The van der Waals surface area contributed by atoms with E-state index in [0.717, 1.165) is 12.1 Å². The minimum atomic E-state index is -0.921. The van der Waals surface area contributed by atoms with Crippen molar-refractivity contribution in [3.8, 4) is 0 Å². The highest BCUT2D eigenvalue weighted by molar-refractivity contribution is 5.66. The molecule has 5 heteroatoms. The van der Waals surface area contributed by atoms with Gasteiger partial charge in [0.1, 0.15) is 0 Å². The van der Waals surface area contributed by atoms with E-state index in [2.05, 4.69) is 5.32 Å². The molecule has 1 rings (SSSR count). The number of benzene rings is 1. The van der Waals surface area contributed by atoms with Crippen molar-refractivity contribution in [3.05, 3.63) is 29.8 Å². The van der Waals surface area contributed by atoms with Gasteiger partial charge in [-0.3, -0.25) is 4.79 Å². The second-order valence-corrected chi connectivity index (χ2v) is 3.61. The summed E-state index contributed by atoms with van der Waals surface area (Å²) >= 11 is 0. The van der Waals surface area contributed by atoms with E-state index in [-0.39, 0.29) is 12.5 Å². The van der Waals surface area contributed by atoms with Gasteiger partial charge >= 0.3 is 5.97 Å². The van der Waals surface area contributed by atoms with E-state index in [1.165, 1.54) is 6.07 Å². The lowest BCUT2D eigenvalue weighted by molar-refractivity contribution is -0.137. The molecule has 0 aliphatic heterocycles. The van der Waals surface area contributed by atoms with Crippen molar-refractivity contribution in [1.29, 1.82) is 0 Å². The van der Waals surface area contributed by atoms with Crippen LogP contribution >= 0.6 is 0 Å². The SMILES string of the molecule is CC(CCC(=O)O)Nc1ccc(F)c(F)c1. The fourth-order valence-electron chi connectivity index (χ4n) is 1.28. The van der Waals surface area contributed by atoms with E-state index in [4.69, 9.17) is 5.11 Å². The van der Waals surface area contributed by atoms with Crippen molar-refractivity contribution < 1.29 is 18.7 Å². The average molecular weight is 229 g/mol. The van der Waals surface area contributed by atoms with Crippen molar-refractivity contribution in [2.75, 3.05) is 5.32 Å². The molecule has 0 saturated heterocycles. The van der Waals surface area contributed by atoms with E-state index < -0.39 is 17.6 Å². The lowest BCUT2D eigenvalue weighted by Crippen LogP contribution is -2.16. The van der Waals surface area contributed by atoms with Crippen LogP contribution in [0.4, 0.5) is 14.5 Å². The molecule has 0 amide bonds. The number of carboxylic acids is 1. The van der Waals surface area contributed by atoms with Crippen molar-refractivity contribution in [2.24, 2.45) is 0 Å². The first-order chi connectivity index (χ1) is 7.49. The standard InChI is InChI=1S/C11H13F2NO2/c1-7(2-5-11(15)16)14-8-3-4-9(12)10(13)6-8/h3-4,6-7,14H,2,5H2,1H3,(H,15,16). The van der Waals surface area contributed by atoms with Gasteiger partial charge in [-0.15, -0.1) is 0 Å². The first-order valence-electron chi connectivity index (χ1n) is 4.92. The van der Waals surface area contributed by atoms with Gasteiger partial charge in [-0.2, -0.15) is 0 Å². The Morgan fingerprint density at radius 3 is 2.69 bits per heavy atom. The summed E-state index contributed by atoms with van der Waals surface area (Å²) in [6, 6.07) is 3.38. The molecular formula is C11H13F2NO2. The highest BCUT2D eigenvalue weighted by atomic mass is 19.2. The zero-order chi connectivity index (χ0) is 12.1. The third kappa shape index (κ3) is 3.84. The van der Waals surface area contributed by atoms with Gasteiger partial charge in [0, 0.05) is 24.2 Å². The van der Waals surface area contributed by atoms with Crippen molar-refractivity contribution in [2.45, 2.75) is 25.8 Å². The smallest absolute Gasteiger partial charge is 0.303 e. The molecule has 1 aromatic rings. The molecule has 0 bridgehead atoms. The molecule has 1 atom stereocenters. The van der Waals surface area contributed by atoms with E-state index in [9.17, 15) is 13.6 Å². The van der Waals surface area contributed by atoms with Crippen LogP contribution in [0.3, 0.4) is 0 Å². The highest BCUT2D eigenvalue weighted by Gasteiger charge is 2.07. The predicted molar refractivity (Wildman–Crippen MR) is 56.3 cm³/mol. The Hall–Kier alpha value is -1.65. The molecule has 0 fully saturated rings. The number of hydrogen-bond acceptors (Lipinski definition) is 2. The van der Waals surface area contributed by atoms with E-state index in [1.807, 2.05) is 0 Å². The number of halogens is 2. The van der Waals surface area contributed by atoms with Crippen LogP contribution < -0.4 is 5.32 Å². The van der Waals surface area contributed by atoms with Crippen LogP contribution in [0.25, 0.3) is 0 Å². The molecular weight excluding hydrogens is 216 g/mol. The van der Waals surface area contributed by atoms with Gasteiger partial charge in [-0.1, -0.05) is 0 Å². The molecule has 1 aromatic carbocycles. The highest BCUT2D eigenvalue weighted by Crippen LogP contribution is 2.15. The first kappa shape index (κ1) is 12.4. The van der Waals surface area contributed by atoms with Crippen LogP contribution in [-0.4, -0.2) is 17.1 Å². The lowest BCUT2D eigenvalue weighted by atomic mass is 10.1. The summed E-state index contributed by atoms with van der Waals surface area (Å²) in [5, 5.41) is 11.4. The monoisotopic (exact) mass is 229 g/mol. The molecule has 0 spiro atoms. The summed E-state index contributed by atoms with van der Waals surface area (Å²) < 4.78 is 25.4. The van der Waals surface area contributed by atoms with E-state index in [0.29, 0.717) is 12.1 Å². The molecule has 0 radical (unpaired) electrons. The zero-order valence-corrected chi connectivity index (χ0v) is 8.84. The third-order valence-electron chi connectivity index (χ3n) is 2.12. The Bertz CT molecular complexity index is 382. The lowest BCUT2D eigenvalue weighted by Gasteiger charge is -2.14. The first-order valence-corrected chi connectivity index (χ1v) is 4.92. The zero-order valence-electron chi connectivity index (χ0n) is 8.84. The van der Waals surface area contributed by atoms with Crippen LogP contribution in [0.15, 0.2) is 18.2 Å². The summed E-state index contributed by atoms with van der Waals surface area (Å²) in [5.41, 5.74) is 0.441. The molecule has 1 unspecified atom stereocenters. The van der Waals surface area contributed by atoms with Gasteiger partial charge < -0.3 is 10.4 Å². The van der Waals surface area contributed by atoms with Gasteiger partial charge in [0.2, 0.25) is 0 Å². The molecule has 3 nitrogen and oxygen atoms in total. The Balaban J connectivity index is 2.52. The maximum Gasteiger partial charge on any atom is 0.303 e. The Morgan fingerprint density at radius 1 is 1.44 bits per heavy atom. The molecule has 0 aromatic heterocycles. The predicted octanol–water partition coefficient (Wildman–Crippen LogP) is 2.63. The topological polar surface area (TPSA) is 49.3 Å². The van der Waals surface area contributed by atoms with Gasteiger partial charge in [0.05, 0.1) is 0 Å². The van der Waals surface area contributed by atoms with Crippen LogP contribution in [0, 0.1) is 11.6 Å². The largest absolute Gasteiger partial charge is 0.481 e. The Kier molecular flexibility index (Phi) is 4.22. The van der Waals surface area contributed by atoms with Crippen molar-refractivity contribution in [3.63, 3.8) is 0 Å². The Morgan fingerprint density at radius 2 is 2.12 bits per heavy atom. The minimum absolute atomic E-state index is 0.0395. The van der Waals surface area contributed by atoms with Gasteiger partial charge in [0.25, 0.3) is 0 Å². The number of hydrogen-bond donors (Lipinski definition) is 2. The summed E-state index contributed by atoms with van der Waals surface area (Å²) in [4.78, 5) is 10.3. The molecule has 88 valence electrons. The summed E-state index contributed by atoms with van der Waals surface area (Å²) in [6.45, 7) is 1.78. The van der Waals surface area contributed by atoms with Crippen LogP contribution in [0.1, 0.15) is 19.8 Å². The number of rotatable bonds is 5. The van der Waals surface area contributed by atoms with Crippen LogP contribution in [0.2, 0.25) is 0 Å². The average Bonchev–Trinajstić information content (AvgIpc) is 2.21. The number of anilines is 1. The fourth-order valence-corrected chi connectivity index (χ4v) is 1.28. The van der Waals surface area contributed by atoms with Crippen molar-refractivity contribution in [1.82, 2.24) is 0 Å². The second kappa shape index (κ2) is 5.44. The second-order valence-electron chi connectivity index (χ2n) is 3.61. The molecule has 0 aliphatic rings. The number of aliphatic carboxylic acids is 1. The van der Waals surface area contributed by atoms with Crippen LogP contribution in [0.5, 0.6) is 0 Å². The summed E-state index contributed by atoms with van der Waals surface area (Å²) in [7, 11) is 0. The van der Waals surface area contributed by atoms with Gasteiger partial charge in [0.15, 0.2) is 11.6 Å². The quantitative estimate of drug-likeness (QED) is 0.816. The van der Waals surface area contributed by atoms with E-state index in [1.54, 1.807) is 6.92 Å². The molecule has 0 heterocycles. The maximum atomic E-state index is 12.8. The van der Waals surface area contributed by atoms with Crippen LogP contribution in [-0.2, 0) is 4.79 Å². The summed E-state index contributed by atoms with van der Waals surface area (Å²) in [5.74, 6) is -2.70. The summed E-state index contributed by atoms with van der Waals surface area (Å²) in [6.07, 6.45) is 0.464. The number of carbonyl (C=O) groups is 1. The van der Waals surface area contributed by atoms with Crippen molar-refractivity contribution >= 4 is 11.7 Å². The normalized spacial score (nSPS) is 12.2.